The Morgan fingerprint density at radius 3 is 2.45 bits per heavy atom. The fourth-order valence-corrected chi connectivity index (χ4v) is 1.46. The molecule has 0 saturated carbocycles. The van der Waals surface area contributed by atoms with Crippen LogP contribution in [0.25, 0.3) is 0 Å². The number of aliphatic hydroxyl groups excluding tert-OH is 1. The van der Waals surface area contributed by atoms with E-state index in [4.69, 9.17) is 9.84 Å². The van der Waals surface area contributed by atoms with Gasteiger partial charge in [0.25, 0.3) is 5.91 Å². The molecule has 3 N–H and O–H groups in total. The lowest BCUT2D eigenvalue weighted by Crippen LogP contribution is -2.48. The molecular weight excluding hydrogens is 292 g/mol. The number of hydrogen-bond donors (Lipinski definition) is 3. The van der Waals surface area contributed by atoms with Crippen molar-refractivity contribution in [3.63, 3.8) is 0 Å². The van der Waals surface area contributed by atoms with Gasteiger partial charge in [-0.05, 0) is 12.1 Å². The third-order valence-electron chi connectivity index (χ3n) is 2.56. The van der Waals surface area contributed by atoms with Gasteiger partial charge in [-0.2, -0.15) is 0 Å². The summed E-state index contributed by atoms with van der Waals surface area (Å²) in [5.74, 6) is -1.35. The van der Waals surface area contributed by atoms with Crippen LogP contribution in [0.5, 0.6) is 5.75 Å². The molecule has 22 heavy (non-hydrogen) atoms. The van der Waals surface area contributed by atoms with E-state index in [1.165, 1.54) is 0 Å². The zero-order chi connectivity index (χ0) is 16.4. The van der Waals surface area contributed by atoms with Gasteiger partial charge in [-0.1, -0.05) is 18.2 Å². The van der Waals surface area contributed by atoms with Crippen molar-refractivity contribution in [3.05, 3.63) is 30.3 Å². The number of para-hydroxylation sites is 1. The van der Waals surface area contributed by atoms with Crippen LogP contribution in [0.4, 0.5) is 0 Å². The molecule has 0 saturated heterocycles. The average Bonchev–Trinajstić information content (AvgIpc) is 2.56. The molecule has 0 heterocycles. The lowest BCUT2D eigenvalue weighted by atomic mass is 10.3. The van der Waals surface area contributed by atoms with E-state index in [0.29, 0.717) is 5.75 Å². The molecule has 0 aromatic heterocycles. The van der Waals surface area contributed by atoms with Crippen molar-refractivity contribution in [1.82, 2.24) is 10.6 Å². The molecular formula is C14H18N2O6. The monoisotopic (exact) mass is 310 g/mol. The first-order valence-electron chi connectivity index (χ1n) is 6.49. The van der Waals surface area contributed by atoms with E-state index in [2.05, 4.69) is 15.4 Å². The van der Waals surface area contributed by atoms with Crippen LogP contribution in [0.15, 0.2) is 30.3 Å². The molecule has 0 aliphatic carbocycles. The highest BCUT2D eigenvalue weighted by Crippen LogP contribution is 2.07. The maximum atomic E-state index is 11.5. The maximum Gasteiger partial charge on any atom is 0.330 e. The topological polar surface area (TPSA) is 114 Å². The number of amides is 2. The highest BCUT2D eigenvalue weighted by molar-refractivity contribution is 5.88. The van der Waals surface area contributed by atoms with Crippen LogP contribution in [0.1, 0.15) is 0 Å². The summed E-state index contributed by atoms with van der Waals surface area (Å²) in [6.07, 6.45) is 0. The van der Waals surface area contributed by atoms with Gasteiger partial charge in [-0.15, -0.1) is 0 Å². The normalized spacial score (nSPS) is 11.2. The molecule has 1 aromatic carbocycles. The Bertz CT molecular complexity index is 505. The highest BCUT2D eigenvalue weighted by atomic mass is 16.5. The third-order valence-corrected chi connectivity index (χ3v) is 2.56. The van der Waals surface area contributed by atoms with Crippen LogP contribution in [0.3, 0.4) is 0 Å². The van der Waals surface area contributed by atoms with E-state index in [-0.39, 0.29) is 13.2 Å². The molecule has 0 spiro atoms. The number of methoxy groups -OCH3 is 1. The molecule has 1 atom stereocenters. The fraction of sp³-hybridized carbons (Fsp3) is 0.357. The summed E-state index contributed by atoms with van der Waals surface area (Å²) in [6.45, 7) is -1.17. The molecule has 2 amide bonds. The number of carbonyl (C=O) groups is 3. The molecule has 8 nitrogen and oxygen atoms in total. The molecule has 0 radical (unpaired) electrons. The van der Waals surface area contributed by atoms with Gasteiger partial charge >= 0.3 is 5.97 Å². The SMILES string of the molecule is COC(=O)[C@H](CO)NC(=O)CNC(=O)COc1ccccc1. The Balaban J connectivity index is 2.28. The standard InChI is InChI=1S/C14H18N2O6/c1-21-14(20)11(8-17)16-12(18)7-15-13(19)9-22-10-5-3-2-4-6-10/h2-6,11,17H,7-9H2,1H3,(H,15,19)(H,16,18)/t11-/m0/s1. The summed E-state index contributed by atoms with van der Waals surface area (Å²) in [5, 5.41) is 13.5. The Morgan fingerprint density at radius 2 is 1.86 bits per heavy atom. The number of esters is 1. The second-order valence-electron chi connectivity index (χ2n) is 4.20. The van der Waals surface area contributed by atoms with Crippen molar-refractivity contribution >= 4 is 17.8 Å². The third kappa shape index (κ3) is 6.23. The summed E-state index contributed by atoms with van der Waals surface area (Å²) < 4.78 is 9.60. The number of carbonyl (C=O) groups excluding carboxylic acids is 3. The van der Waals surface area contributed by atoms with Crippen molar-refractivity contribution < 1.29 is 29.0 Å². The van der Waals surface area contributed by atoms with Crippen molar-refractivity contribution in [3.8, 4) is 5.75 Å². The van der Waals surface area contributed by atoms with Crippen molar-refractivity contribution in [2.45, 2.75) is 6.04 Å². The number of nitrogens with one attached hydrogen (secondary N) is 2. The van der Waals surface area contributed by atoms with Crippen LogP contribution >= 0.6 is 0 Å². The van der Waals surface area contributed by atoms with Gasteiger partial charge < -0.3 is 25.2 Å². The van der Waals surface area contributed by atoms with Gasteiger partial charge in [0, 0.05) is 0 Å². The molecule has 8 heteroatoms. The second kappa shape index (κ2) is 9.35. The van der Waals surface area contributed by atoms with Gasteiger partial charge in [0.05, 0.1) is 20.3 Å². The Hall–Kier alpha value is -2.61. The lowest BCUT2D eigenvalue weighted by Gasteiger charge is -2.14. The molecule has 0 aliphatic heterocycles. The van der Waals surface area contributed by atoms with Crippen molar-refractivity contribution in [2.75, 3.05) is 26.9 Å². The van der Waals surface area contributed by atoms with Crippen LogP contribution in [-0.4, -0.2) is 55.8 Å². The van der Waals surface area contributed by atoms with Crippen LogP contribution in [0, 0.1) is 0 Å². The Labute approximate surface area is 127 Å². The number of aliphatic hydroxyl groups is 1. The number of rotatable bonds is 8. The van der Waals surface area contributed by atoms with E-state index < -0.39 is 30.4 Å². The van der Waals surface area contributed by atoms with Crippen molar-refractivity contribution in [1.29, 1.82) is 0 Å². The first-order chi connectivity index (χ1) is 10.6. The fourth-order valence-electron chi connectivity index (χ4n) is 1.46. The Kier molecular flexibility index (Phi) is 7.41. The minimum absolute atomic E-state index is 0.238. The van der Waals surface area contributed by atoms with E-state index >= 15 is 0 Å². The second-order valence-corrected chi connectivity index (χ2v) is 4.20. The molecule has 0 fully saturated rings. The summed E-state index contributed by atoms with van der Waals surface area (Å²) in [5.41, 5.74) is 0. The van der Waals surface area contributed by atoms with Gasteiger partial charge in [0.2, 0.25) is 5.91 Å². The van der Waals surface area contributed by atoms with Crippen LogP contribution in [-0.2, 0) is 19.1 Å². The summed E-state index contributed by atoms with van der Waals surface area (Å²) in [6, 6.07) is 7.58. The smallest absolute Gasteiger partial charge is 0.330 e. The van der Waals surface area contributed by atoms with Gasteiger partial charge in [-0.25, -0.2) is 4.79 Å². The molecule has 120 valence electrons. The van der Waals surface area contributed by atoms with E-state index in [9.17, 15) is 14.4 Å². The lowest BCUT2D eigenvalue weighted by molar-refractivity contribution is -0.146. The minimum atomic E-state index is -1.16. The molecule has 0 aliphatic rings. The maximum absolute atomic E-state index is 11.5. The van der Waals surface area contributed by atoms with E-state index in [1.54, 1.807) is 24.3 Å². The molecule has 1 aromatic rings. The number of benzene rings is 1. The van der Waals surface area contributed by atoms with Gasteiger partial charge in [0.1, 0.15) is 5.75 Å². The molecule has 1 rings (SSSR count). The largest absolute Gasteiger partial charge is 0.484 e. The van der Waals surface area contributed by atoms with E-state index in [0.717, 1.165) is 7.11 Å². The summed E-state index contributed by atoms with van der Waals surface area (Å²) in [7, 11) is 1.14. The van der Waals surface area contributed by atoms with Crippen LogP contribution in [0.2, 0.25) is 0 Å². The zero-order valence-corrected chi connectivity index (χ0v) is 12.1. The predicted octanol–water partition coefficient (Wildman–Crippen LogP) is -1.17. The highest BCUT2D eigenvalue weighted by Gasteiger charge is 2.20. The summed E-state index contributed by atoms with van der Waals surface area (Å²) >= 11 is 0. The first kappa shape index (κ1) is 17.4. The number of hydrogen-bond acceptors (Lipinski definition) is 6. The zero-order valence-electron chi connectivity index (χ0n) is 12.1. The van der Waals surface area contributed by atoms with Gasteiger partial charge in [0.15, 0.2) is 12.6 Å². The van der Waals surface area contributed by atoms with Gasteiger partial charge in [-0.3, -0.25) is 9.59 Å². The quantitative estimate of drug-likeness (QED) is 0.521. The first-order valence-corrected chi connectivity index (χ1v) is 6.49. The number of ether oxygens (including phenoxy) is 2. The molecule has 0 bridgehead atoms. The van der Waals surface area contributed by atoms with Crippen molar-refractivity contribution in [2.24, 2.45) is 0 Å². The van der Waals surface area contributed by atoms with E-state index in [1.807, 2.05) is 6.07 Å². The minimum Gasteiger partial charge on any atom is -0.484 e. The Morgan fingerprint density at radius 1 is 1.18 bits per heavy atom. The summed E-state index contributed by atoms with van der Waals surface area (Å²) in [4.78, 5) is 34.2. The molecule has 0 unspecified atom stereocenters. The average molecular weight is 310 g/mol. The predicted molar refractivity (Wildman–Crippen MR) is 76.0 cm³/mol. The van der Waals surface area contributed by atoms with Crippen LogP contribution < -0.4 is 15.4 Å².